The van der Waals surface area contributed by atoms with Gasteiger partial charge in [-0.25, -0.2) is 0 Å². The van der Waals surface area contributed by atoms with Crippen LogP contribution < -0.4 is 10.1 Å². The van der Waals surface area contributed by atoms with Crippen molar-refractivity contribution in [3.8, 4) is 5.75 Å². The van der Waals surface area contributed by atoms with Gasteiger partial charge in [-0.05, 0) is 37.2 Å². The molecular weight excluding hydrogens is 250 g/mol. The second kappa shape index (κ2) is 7.68. The van der Waals surface area contributed by atoms with E-state index in [0.717, 1.165) is 11.3 Å². The molecule has 0 spiro atoms. The van der Waals surface area contributed by atoms with Crippen LogP contribution in [-0.2, 0) is 11.3 Å². The van der Waals surface area contributed by atoms with E-state index in [1.165, 1.54) is 5.56 Å². The van der Waals surface area contributed by atoms with Crippen LogP contribution in [-0.4, -0.2) is 13.8 Å². The molecule has 2 aromatic carbocycles. The van der Waals surface area contributed by atoms with Gasteiger partial charge in [0.15, 0.2) is 6.79 Å². The van der Waals surface area contributed by atoms with Gasteiger partial charge in [-0.15, -0.1) is 0 Å². The Labute approximate surface area is 120 Å². The van der Waals surface area contributed by atoms with E-state index in [4.69, 9.17) is 9.47 Å². The van der Waals surface area contributed by atoms with E-state index in [2.05, 4.69) is 24.4 Å². The van der Waals surface area contributed by atoms with Crippen molar-refractivity contribution in [2.24, 2.45) is 0 Å². The van der Waals surface area contributed by atoms with Crippen LogP contribution in [0.5, 0.6) is 5.75 Å². The quantitative estimate of drug-likeness (QED) is 0.617. The molecule has 0 saturated heterocycles. The Morgan fingerprint density at radius 1 is 1.00 bits per heavy atom. The summed E-state index contributed by atoms with van der Waals surface area (Å²) in [6, 6.07) is 18.5. The molecule has 1 N–H and O–H groups in total. The summed E-state index contributed by atoms with van der Waals surface area (Å²) in [5, 5.41) is 3.21. The molecule has 106 valence electrons. The number of rotatable bonds is 7. The van der Waals surface area contributed by atoms with E-state index in [-0.39, 0.29) is 6.79 Å². The molecule has 2 aromatic rings. The summed E-state index contributed by atoms with van der Waals surface area (Å²) in [6.45, 7) is 2.95. The van der Waals surface area contributed by atoms with Gasteiger partial charge in [0.1, 0.15) is 5.75 Å². The van der Waals surface area contributed by atoms with Gasteiger partial charge in [-0.3, -0.25) is 0 Å². The highest BCUT2D eigenvalue weighted by molar-refractivity contribution is 5.28. The zero-order valence-corrected chi connectivity index (χ0v) is 12.0. The first-order valence-corrected chi connectivity index (χ1v) is 6.81. The summed E-state index contributed by atoms with van der Waals surface area (Å²) in [4.78, 5) is 0. The summed E-state index contributed by atoms with van der Waals surface area (Å²) >= 11 is 0. The third-order valence-electron chi connectivity index (χ3n) is 3.23. The van der Waals surface area contributed by atoms with Crippen LogP contribution in [0.4, 0.5) is 0 Å². The molecule has 0 heterocycles. The van der Waals surface area contributed by atoms with Gasteiger partial charge in [-0.2, -0.15) is 0 Å². The summed E-state index contributed by atoms with van der Waals surface area (Å²) in [6.07, 6.45) is 0. The fourth-order valence-electron chi connectivity index (χ4n) is 1.86. The lowest BCUT2D eigenvalue weighted by Crippen LogP contribution is -2.12. The van der Waals surface area contributed by atoms with Crippen LogP contribution in [0.1, 0.15) is 24.1 Å². The van der Waals surface area contributed by atoms with E-state index in [0.29, 0.717) is 12.6 Å². The average molecular weight is 271 g/mol. The van der Waals surface area contributed by atoms with Crippen molar-refractivity contribution in [1.29, 1.82) is 0 Å². The first-order chi connectivity index (χ1) is 9.79. The SMILES string of the molecule is CNC(C)c1ccc(OCOCc2ccccc2)cc1. The highest BCUT2D eigenvalue weighted by atomic mass is 16.7. The standard InChI is InChI=1S/C17H21NO2/c1-14(18-2)16-8-10-17(11-9-16)20-13-19-12-15-6-4-3-5-7-15/h3-11,14,18H,12-13H2,1-2H3. The van der Waals surface area contributed by atoms with Crippen molar-refractivity contribution in [3.05, 3.63) is 65.7 Å². The van der Waals surface area contributed by atoms with Crippen LogP contribution in [0, 0.1) is 0 Å². The lowest BCUT2D eigenvalue weighted by atomic mass is 10.1. The monoisotopic (exact) mass is 271 g/mol. The van der Waals surface area contributed by atoms with Crippen molar-refractivity contribution in [2.45, 2.75) is 19.6 Å². The normalized spacial score (nSPS) is 12.1. The number of hydrogen-bond donors (Lipinski definition) is 1. The second-order valence-electron chi connectivity index (χ2n) is 4.68. The Bertz CT molecular complexity index is 496. The molecule has 1 atom stereocenters. The molecule has 0 aliphatic carbocycles. The van der Waals surface area contributed by atoms with Crippen LogP contribution in [0.3, 0.4) is 0 Å². The zero-order valence-electron chi connectivity index (χ0n) is 12.0. The van der Waals surface area contributed by atoms with Gasteiger partial charge in [0.05, 0.1) is 6.61 Å². The minimum atomic E-state index is 0.260. The number of nitrogens with one attached hydrogen (secondary N) is 1. The summed E-state index contributed by atoms with van der Waals surface area (Å²) in [5.74, 6) is 0.824. The van der Waals surface area contributed by atoms with Crippen LogP contribution in [0.25, 0.3) is 0 Å². The molecule has 3 heteroatoms. The predicted octanol–water partition coefficient (Wildman–Crippen LogP) is 3.52. The Hall–Kier alpha value is -1.84. The molecule has 0 bridgehead atoms. The summed E-state index contributed by atoms with van der Waals surface area (Å²) in [7, 11) is 1.95. The van der Waals surface area contributed by atoms with Crippen LogP contribution in [0.2, 0.25) is 0 Å². The Balaban J connectivity index is 1.74. The maximum atomic E-state index is 5.55. The van der Waals surface area contributed by atoms with Gasteiger partial charge in [0, 0.05) is 6.04 Å². The fourth-order valence-corrected chi connectivity index (χ4v) is 1.86. The van der Waals surface area contributed by atoms with Crippen LogP contribution >= 0.6 is 0 Å². The number of benzene rings is 2. The first-order valence-electron chi connectivity index (χ1n) is 6.81. The molecule has 0 radical (unpaired) electrons. The van der Waals surface area contributed by atoms with Crippen molar-refractivity contribution in [2.75, 3.05) is 13.8 Å². The summed E-state index contributed by atoms with van der Waals surface area (Å²) < 4.78 is 11.0. The van der Waals surface area contributed by atoms with Crippen molar-refractivity contribution in [3.63, 3.8) is 0 Å². The number of hydrogen-bond acceptors (Lipinski definition) is 3. The van der Waals surface area contributed by atoms with Gasteiger partial charge < -0.3 is 14.8 Å². The minimum Gasteiger partial charge on any atom is -0.468 e. The van der Waals surface area contributed by atoms with E-state index in [1.54, 1.807) is 0 Å². The van der Waals surface area contributed by atoms with Crippen molar-refractivity contribution < 1.29 is 9.47 Å². The van der Waals surface area contributed by atoms with E-state index < -0.39 is 0 Å². The molecule has 20 heavy (non-hydrogen) atoms. The largest absolute Gasteiger partial charge is 0.468 e. The third kappa shape index (κ3) is 4.37. The van der Waals surface area contributed by atoms with E-state index in [1.807, 2.05) is 49.5 Å². The van der Waals surface area contributed by atoms with Gasteiger partial charge in [-0.1, -0.05) is 42.5 Å². The molecule has 0 aliphatic rings. The average Bonchev–Trinajstić information content (AvgIpc) is 2.52. The third-order valence-corrected chi connectivity index (χ3v) is 3.23. The smallest absolute Gasteiger partial charge is 0.189 e. The molecule has 0 aliphatic heterocycles. The van der Waals surface area contributed by atoms with Gasteiger partial charge >= 0.3 is 0 Å². The Morgan fingerprint density at radius 3 is 2.35 bits per heavy atom. The molecule has 1 unspecified atom stereocenters. The molecule has 0 saturated carbocycles. The number of ether oxygens (including phenoxy) is 2. The van der Waals surface area contributed by atoms with Gasteiger partial charge in [0.25, 0.3) is 0 Å². The highest BCUT2D eigenvalue weighted by Crippen LogP contribution is 2.17. The zero-order chi connectivity index (χ0) is 14.2. The minimum absolute atomic E-state index is 0.260. The predicted molar refractivity (Wildman–Crippen MR) is 80.6 cm³/mol. The molecule has 0 aromatic heterocycles. The maximum Gasteiger partial charge on any atom is 0.189 e. The Morgan fingerprint density at radius 2 is 1.70 bits per heavy atom. The highest BCUT2D eigenvalue weighted by Gasteiger charge is 2.02. The van der Waals surface area contributed by atoms with Crippen molar-refractivity contribution >= 4 is 0 Å². The lowest BCUT2D eigenvalue weighted by molar-refractivity contribution is 0.00504. The first kappa shape index (κ1) is 14.6. The van der Waals surface area contributed by atoms with E-state index >= 15 is 0 Å². The second-order valence-corrected chi connectivity index (χ2v) is 4.68. The topological polar surface area (TPSA) is 30.5 Å². The fraction of sp³-hybridized carbons (Fsp3) is 0.294. The maximum absolute atomic E-state index is 5.55. The van der Waals surface area contributed by atoms with Crippen LogP contribution in [0.15, 0.2) is 54.6 Å². The molecule has 2 rings (SSSR count). The molecule has 0 fully saturated rings. The molecule has 3 nitrogen and oxygen atoms in total. The molecular formula is C17H21NO2. The van der Waals surface area contributed by atoms with Crippen molar-refractivity contribution in [1.82, 2.24) is 5.32 Å². The Kier molecular flexibility index (Phi) is 5.59. The lowest BCUT2D eigenvalue weighted by Gasteiger charge is -2.12. The molecule has 0 amide bonds. The van der Waals surface area contributed by atoms with E-state index in [9.17, 15) is 0 Å². The van der Waals surface area contributed by atoms with Gasteiger partial charge in [0.2, 0.25) is 0 Å². The summed E-state index contributed by atoms with van der Waals surface area (Å²) in [5.41, 5.74) is 2.39.